The molecule has 14 heteroatoms. The van der Waals surface area contributed by atoms with Crippen LogP contribution in [0.5, 0.6) is 0 Å². The Labute approximate surface area is 397 Å². The minimum absolute atomic E-state index is 0. The van der Waals surface area contributed by atoms with Crippen molar-refractivity contribution < 1.29 is 71.7 Å². The van der Waals surface area contributed by atoms with Gasteiger partial charge in [-0.05, 0) is 137 Å². The third-order valence-electron chi connectivity index (χ3n) is 9.73. The largest absolute Gasteiger partial charge is 1.00 e. The van der Waals surface area contributed by atoms with E-state index in [4.69, 9.17) is 39.2 Å². The van der Waals surface area contributed by atoms with Gasteiger partial charge in [0.2, 0.25) is 0 Å². The van der Waals surface area contributed by atoms with Gasteiger partial charge >= 0.3 is 59.1 Å². The van der Waals surface area contributed by atoms with Gasteiger partial charge in [-0.1, -0.05) is 48.1 Å². The maximum atomic E-state index is 12.1. The number of thiol groups is 1. The van der Waals surface area contributed by atoms with E-state index >= 15 is 0 Å². The van der Waals surface area contributed by atoms with Crippen molar-refractivity contribution in [2.45, 2.75) is 121 Å². The number of nitrogens with two attached hydrogens (primary N) is 1. The van der Waals surface area contributed by atoms with Gasteiger partial charge in [0, 0.05) is 59.8 Å². The number of thiocarbonyl (C=S) groups is 1. The van der Waals surface area contributed by atoms with Gasteiger partial charge in [-0.25, -0.2) is 0 Å². The SMILES string of the molecule is Cc1ccc(S(=O)(=O)OCCc2ccc3c(n2)CCCC3)cc1.N#CCCc1ccc2c(n1)CCCC2.NC(=S)CCc1ccc2c(n1)CCCC2.[C-]#N.[Na+].[Na+].[SH-]. The molecular formula is C43H52N6Na2O3S3. The van der Waals surface area contributed by atoms with Crippen molar-refractivity contribution in [1.82, 2.24) is 15.0 Å². The number of nitriles is 1. The van der Waals surface area contributed by atoms with Crippen molar-refractivity contribution in [3.63, 3.8) is 0 Å². The number of fused-ring (bicyclic) bond motifs is 3. The molecule has 0 saturated heterocycles. The zero-order chi connectivity index (χ0) is 38.8. The van der Waals surface area contributed by atoms with Gasteiger partial charge in [-0.3, -0.25) is 19.1 Å². The Morgan fingerprint density at radius 2 is 1.11 bits per heavy atom. The summed E-state index contributed by atoms with van der Waals surface area (Å²) in [6.45, 7) is 6.78. The summed E-state index contributed by atoms with van der Waals surface area (Å²) in [4.78, 5) is 14.7. The third kappa shape index (κ3) is 17.9. The van der Waals surface area contributed by atoms with Gasteiger partial charge in [-0.15, -0.1) is 0 Å². The van der Waals surface area contributed by atoms with E-state index in [0.717, 1.165) is 73.3 Å². The first-order valence-corrected chi connectivity index (χ1v) is 20.8. The van der Waals surface area contributed by atoms with Gasteiger partial charge < -0.3 is 31.1 Å². The molecule has 0 atom stereocenters. The molecule has 7 rings (SSSR count). The minimum atomic E-state index is -3.69. The molecule has 292 valence electrons. The van der Waals surface area contributed by atoms with Crippen LogP contribution in [0.2, 0.25) is 0 Å². The van der Waals surface area contributed by atoms with Crippen LogP contribution in [0, 0.1) is 30.1 Å². The maximum absolute atomic E-state index is 12.1. The Balaban J connectivity index is 0.000000423. The fraction of sp³-hybridized carbons (Fsp3) is 0.442. The number of benzene rings is 1. The summed E-state index contributed by atoms with van der Waals surface area (Å²) in [5.74, 6) is 0. The second-order valence-corrected chi connectivity index (χ2v) is 15.9. The average Bonchev–Trinajstić information content (AvgIpc) is 3.20. The molecule has 0 bridgehead atoms. The van der Waals surface area contributed by atoms with Crippen molar-refractivity contribution in [3.05, 3.63) is 124 Å². The van der Waals surface area contributed by atoms with Crippen LogP contribution in [0.15, 0.2) is 65.6 Å². The Morgan fingerprint density at radius 1 is 0.702 bits per heavy atom. The van der Waals surface area contributed by atoms with Crippen LogP contribution >= 0.6 is 12.2 Å². The first-order chi connectivity index (χ1) is 26.2. The molecule has 0 radical (unpaired) electrons. The van der Waals surface area contributed by atoms with Crippen LogP contribution in [0.1, 0.15) is 108 Å². The van der Waals surface area contributed by atoms with Crippen molar-refractivity contribution >= 4 is 40.8 Å². The topological polar surface area (TPSA) is 156 Å². The average molecular weight is 843 g/mol. The predicted octanol–water partition coefficient (Wildman–Crippen LogP) is 1.65. The molecule has 3 heterocycles. The zero-order valence-corrected chi connectivity index (χ0v) is 40.3. The number of rotatable bonds is 10. The van der Waals surface area contributed by atoms with E-state index in [9.17, 15) is 8.42 Å². The second kappa shape index (κ2) is 28.3. The minimum Gasteiger partial charge on any atom is -0.813 e. The van der Waals surface area contributed by atoms with Gasteiger partial charge in [0.15, 0.2) is 0 Å². The van der Waals surface area contributed by atoms with Crippen molar-refractivity contribution in [2.24, 2.45) is 5.73 Å². The van der Waals surface area contributed by atoms with Gasteiger partial charge in [-0.2, -0.15) is 13.7 Å². The van der Waals surface area contributed by atoms with Gasteiger partial charge in [0.25, 0.3) is 10.1 Å². The van der Waals surface area contributed by atoms with Crippen molar-refractivity contribution in [3.8, 4) is 6.07 Å². The fourth-order valence-corrected chi connectivity index (χ4v) is 7.77. The molecule has 57 heavy (non-hydrogen) atoms. The van der Waals surface area contributed by atoms with Crippen LogP contribution in [-0.4, -0.2) is 35.0 Å². The van der Waals surface area contributed by atoms with Crippen LogP contribution in [0.25, 0.3) is 0 Å². The number of hydrogen-bond donors (Lipinski definition) is 1. The molecule has 9 nitrogen and oxygen atoms in total. The molecule has 0 unspecified atom stereocenters. The standard InChI is InChI=1S/C18H21NO3S.C12H16N2S.C12H14N2.CN.2Na.H2S/c1-14-6-10-17(11-7-14)23(20,21)22-13-12-16-9-8-15-4-2-3-5-18(15)19-16;13-12(15)8-7-10-6-5-9-3-1-2-4-11(9)14-10;13-9-3-5-11-8-7-10-4-1-2-6-12(10)14-11;1-2;;;/h6-11H,2-5,12-13H2,1H3;5-6H,1-4,7-8H2,(H2,13,15);7-8H,1-6H2;;;;1H2/q;;;-1;2*+1;/p-1. The smallest absolute Gasteiger partial charge is 0.813 e. The summed E-state index contributed by atoms with van der Waals surface area (Å²) < 4.78 is 29.4. The summed E-state index contributed by atoms with van der Waals surface area (Å²) in [6.07, 6.45) is 17.8. The molecule has 0 amide bonds. The van der Waals surface area contributed by atoms with E-state index in [1.54, 1.807) is 24.3 Å². The Morgan fingerprint density at radius 3 is 1.53 bits per heavy atom. The molecule has 2 N–H and O–H groups in total. The number of aryl methyl sites for hydroxylation is 9. The van der Waals surface area contributed by atoms with E-state index < -0.39 is 10.1 Å². The molecule has 3 aromatic heterocycles. The molecule has 1 aromatic carbocycles. The van der Waals surface area contributed by atoms with Crippen molar-refractivity contribution in [1.29, 1.82) is 10.5 Å². The molecule has 3 aliphatic rings. The summed E-state index contributed by atoms with van der Waals surface area (Å²) in [6, 6.07) is 21.5. The second-order valence-electron chi connectivity index (χ2n) is 13.8. The molecule has 0 spiro atoms. The van der Waals surface area contributed by atoms with Crippen LogP contribution in [-0.2, 0) is 85.6 Å². The van der Waals surface area contributed by atoms with Crippen LogP contribution in [0.4, 0.5) is 0 Å². The molecule has 4 aromatic rings. The number of hydrogen-bond acceptors (Lipinski definition) is 10. The number of pyridine rings is 3. The zero-order valence-electron chi connectivity index (χ0n) is 33.8. The van der Waals surface area contributed by atoms with Crippen LogP contribution in [0.3, 0.4) is 0 Å². The first kappa shape index (κ1) is 52.8. The predicted molar refractivity (Wildman–Crippen MR) is 223 cm³/mol. The first-order valence-electron chi connectivity index (χ1n) is 19.0. The van der Waals surface area contributed by atoms with E-state index in [1.807, 2.05) is 13.0 Å². The Bertz CT molecular complexity index is 2020. The number of nitrogens with zero attached hydrogens (tertiary/aromatic N) is 5. The third-order valence-corrected chi connectivity index (χ3v) is 11.3. The van der Waals surface area contributed by atoms with Gasteiger partial charge in [0.1, 0.15) is 0 Å². The van der Waals surface area contributed by atoms with Crippen LogP contribution < -0.4 is 64.8 Å². The summed E-state index contributed by atoms with van der Waals surface area (Å²) >= 11 is 4.87. The van der Waals surface area contributed by atoms with E-state index in [0.29, 0.717) is 17.8 Å². The normalized spacial score (nSPS) is 13.3. The van der Waals surface area contributed by atoms with E-state index in [2.05, 4.69) is 51.4 Å². The molecule has 0 saturated carbocycles. The Hall–Kier alpha value is -2.20. The molecule has 0 aliphatic heterocycles. The molecule has 3 aliphatic carbocycles. The van der Waals surface area contributed by atoms with Gasteiger partial charge in [0.05, 0.1) is 22.6 Å². The summed E-state index contributed by atoms with van der Waals surface area (Å²) in [7, 11) is -3.69. The Kier molecular flexibility index (Phi) is 26.2. The molecule has 0 fully saturated rings. The number of aromatic nitrogens is 3. The fourth-order valence-electron chi connectivity index (χ4n) is 6.76. The van der Waals surface area contributed by atoms with E-state index in [-0.39, 0.29) is 84.1 Å². The van der Waals surface area contributed by atoms with E-state index in [1.165, 1.54) is 79.4 Å². The van der Waals surface area contributed by atoms with Crippen molar-refractivity contribution in [2.75, 3.05) is 6.61 Å². The summed E-state index contributed by atoms with van der Waals surface area (Å²) in [5.41, 5.74) is 17.5. The summed E-state index contributed by atoms with van der Waals surface area (Å²) in [5, 5.41) is 14.7. The monoisotopic (exact) mass is 842 g/mol. The maximum Gasteiger partial charge on any atom is 1.00 e. The quantitative estimate of drug-likeness (QED) is 0.0619. The molecular weight excluding hydrogens is 791 g/mol.